The van der Waals surface area contributed by atoms with Crippen LogP contribution < -0.4 is 10.1 Å². The van der Waals surface area contributed by atoms with Crippen LogP contribution in [0.1, 0.15) is 5.56 Å². The van der Waals surface area contributed by atoms with Crippen molar-refractivity contribution in [2.24, 2.45) is 0 Å². The van der Waals surface area contributed by atoms with E-state index in [-0.39, 0.29) is 11.7 Å². The standard InChI is InChI=1S/C21H23FN4O2S/c1-28-17-6-7-18-19(12-17)29-21(23-18)24-20(27)14-26-10-8-25(9-11-26)13-15-2-4-16(22)5-3-15/h2-7,12H,8-11,13-14H2,1H3,(H,23,24,27). The van der Waals surface area contributed by atoms with E-state index >= 15 is 0 Å². The van der Waals surface area contributed by atoms with Crippen molar-refractivity contribution in [3.8, 4) is 5.75 Å². The molecule has 2 aromatic carbocycles. The van der Waals surface area contributed by atoms with E-state index in [1.807, 2.05) is 30.3 Å². The number of carbonyl (C=O) groups excluding carboxylic acids is 1. The topological polar surface area (TPSA) is 57.7 Å². The van der Waals surface area contributed by atoms with Crippen LogP contribution in [-0.4, -0.2) is 60.5 Å². The van der Waals surface area contributed by atoms with Crippen LogP contribution in [0.15, 0.2) is 42.5 Å². The molecule has 29 heavy (non-hydrogen) atoms. The monoisotopic (exact) mass is 414 g/mol. The van der Waals surface area contributed by atoms with Gasteiger partial charge in [-0.05, 0) is 35.9 Å². The van der Waals surface area contributed by atoms with Crippen LogP contribution in [0.25, 0.3) is 10.2 Å². The van der Waals surface area contributed by atoms with E-state index in [9.17, 15) is 9.18 Å². The van der Waals surface area contributed by atoms with Gasteiger partial charge >= 0.3 is 0 Å². The molecule has 0 unspecified atom stereocenters. The Labute approximate surface area is 172 Å². The predicted octanol–water partition coefficient (Wildman–Crippen LogP) is 3.20. The molecular weight excluding hydrogens is 391 g/mol. The summed E-state index contributed by atoms with van der Waals surface area (Å²) >= 11 is 1.44. The van der Waals surface area contributed by atoms with Gasteiger partial charge in [0.1, 0.15) is 11.6 Å². The molecule has 1 aliphatic heterocycles. The summed E-state index contributed by atoms with van der Waals surface area (Å²) in [4.78, 5) is 21.4. The number of carbonyl (C=O) groups is 1. The zero-order chi connectivity index (χ0) is 20.2. The summed E-state index contributed by atoms with van der Waals surface area (Å²) in [6.45, 7) is 4.56. The van der Waals surface area contributed by atoms with Crippen LogP contribution in [-0.2, 0) is 11.3 Å². The van der Waals surface area contributed by atoms with E-state index in [1.54, 1.807) is 7.11 Å². The largest absolute Gasteiger partial charge is 0.497 e. The van der Waals surface area contributed by atoms with Crippen LogP contribution in [0, 0.1) is 5.82 Å². The van der Waals surface area contributed by atoms with Gasteiger partial charge in [0.25, 0.3) is 0 Å². The highest BCUT2D eigenvalue weighted by Gasteiger charge is 2.19. The molecule has 1 fully saturated rings. The van der Waals surface area contributed by atoms with Gasteiger partial charge in [-0.1, -0.05) is 23.5 Å². The second-order valence-corrected chi connectivity index (χ2v) is 8.11. The third-order valence-electron chi connectivity index (χ3n) is 4.99. The summed E-state index contributed by atoms with van der Waals surface area (Å²) in [6, 6.07) is 12.3. The molecule has 4 rings (SSSR count). The first-order valence-electron chi connectivity index (χ1n) is 9.52. The van der Waals surface area contributed by atoms with Gasteiger partial charge in [-0.15, -0.1) is 0 Å². The zero-order valence-corrected chi connectivity index (χ0v) is 17.0. The van der Waals surface area contributed by atoms with Crippen molar-refractivity contribution in [1.82, 2.24) is 14.8 Å². The molecule has 3 aromatic rings. The highest BCUT2D eigenvalue weighted by Crippen LogP contribution is 2.29. The number of hydrogen-bond acceptors (Lipinski definition) is 6. The summed E-state index contributed by atoms with van der Waals surface area (Å²) in [6.07, 6.45) is 0. The Hall–Kier alpha value is -2.55. The van der Waals surface area contributed by atoms with Crippen molar-refractivity contribution in [3.63, 3.8) is 0 Å². The predicted molar refractivity (Wildman–Crippen MR) is 113 cm³/mol. The fraction of sp³-hybridized carbons (Fsp3) is 0.333. The van der Waals surface area contributed by atoms with E-state index in [0.717, 1.165) is 54.3 Å². The van der Waals surface area contributed by atoms with Crippen LogP contribution in [0.3, 0.4) is 0 Å². The van der Waals surface area contributed by atoms with Gasteiger partial charge in [0.15, 0.2) is 5.13 Å². The lowest BCUT2D eigenvalue weighted by Gasteiger charge is -2.34. The van der Waals surface area contributed by atoms with Gasteiger partial charge in [-0.2, -0.15) is 0 Å². The van der Waals surface area contributed by atoms with E-state index in [4.69, 9.17) is 4.74 Å². The number of nitrogens with zero attached hydrogens (tertiary/aromatic N) is 3. The average molecular weight is 415 g/mol. The molecule has 1 aromatic heterocycles. The fourth-order valence-corrected chi connectivity index (χ4v) is 4.31. The number of methoxy groups -OCH3 is 1. The molecule has 2 heterocycles. The lowest BCUT2D eigenvalue weighted by Crippen LogP contribution is -2.48. The van der Waals surface area contributed by atoms with Gasteiger partial charge in [-0.3, -0.25) is 14.6 Å². The Morgan fingerprint density at radius 2 is 1.86 bits per heavy atom. The Balaban J connectivity index is 1.26. The quantitative estimate of drug-likeness (QED) is 0.671. The molecule has 0 atom stereocenters. The first-order valence-corrected chi connectivity index (χ1v) is 10.3. The second-order valence-electron chi connectivity index (χ2n) is 7.08. The van der Waals surface area contributed by atoms with Gasteiger partial charge in [0.2, 0.25) is 5.91 Å². The highest BCUT2D eigenvalue weighted by molar-refractivity contribution is 7.22. The smallest absolute Gasteiger partial charge is 0.240 e. The Morgan fingerprint density at radius 1 is 1.14 bits per heavy atom. The van der Waals surface area contributed by atoms with Gasteiger partial charge in [0.05, 0.1) is 23.9 Å². The Kier molecular flexibility index (Phi) is 6.03. The maximum atomic E-state index is 13.0. The van der Waals surface area contributed by atoms with Crippen LogP contribution in [0.4, 0.5) is 9.52 Å². The van der Waals surface area contributed by atoms with Crippen molar-refractivity contribution in [1.29, 1.82) is 0 Å². The lowest BCUT2D eigenvalue weighted by atomic mass is 10.2. The summed E-state index contributed by atoms with van der Waals surface area (Å²) in [5, 5.41) is 3.51. The molecule has 8 heteroatoms. The minimum atomic E-state index is -0.211. The van der Waals surface area contributed by atoms with E-state index in [1.165, 1.54) is 23.5 Å². The maximum absolute atomic E-state index is 13.0. The molecule has 0 saturated carbocycles. The molecule has 1 N–H and O–H groups in total. The van der Waals surface area contributed by atoms with Crippen LogP contribution in [0.5, 0.6) is 5.75 Å². The third-order valence-corrected chi connectivity index (χ3v) is 5.93. The maximum Gasteiger partial charge on any atom is 0.240 e. The highest BCUT2D eigenvalue weighted by atomic mass is 32.1. The summed E-state index contributed by atoms with van der Waals surface area (Å²) in [5.74, 6) is 0.511. The van der Waals surface area contributed by atoms with Crippen molar-refractivity contribution >= 4 is 32.6 Å². The first kappa shape index (κ1) is 19.8. The molecule has 0 aliphatic carbocycles. The molecule has 1 aliphatic rings. The number of thiazole rings is 1. The number of aromatic nitrogens is 1. The Bertz CT molecular complexity index is 984. The molecule has 0 spiro atoms. The number of amides is 1. The summed E-state index contributed by atoms with van der Waals surface area (Å²) in [7, 11) is 1.63. The van der Waals surface area contributed by atoms with Gasteiger partial charge in [-0.25, -0.2) is 9.37 Å². The van der Waals surface area contributed by atoms with E-state index in [0.29, 0.717) is 11.7 Å². The number of hydrogen-bond donors (Lipinski definition) is 1. The first-order chi connectivity index (χ1) is 14.1. The number of piperazine rings is 1. The lowest BCUT2D eigenvalue weighted by molar-refractivity contribution is -0.117. The molecule has 0 radical (unpaired) electrons. The SMILES string of the molecule is COc1ccc2nc(NC(=O)CN3CCN(Cc4ccc(F)cc4)CC3)sc2c1. The van der Waals surface area contributed by atoms with Crippen molar-refractivity contribution < 1.29 is 13.9 Å². The molecule has 1 saturated heterocycles. The molecule has 0 bridgehead atoms. The Morgan fingerprint density at radius 3 is 2.59 bits per heavy atom. The molecule has 152 valence electrons. The number of anilines is 1. The van der Waals surface area contributed by atoms with Crippen LogP contribution in [0.2, 0.25) is 0 Å². The van der Waals surface area contributed by atoms with Crippen LogP contribution >= 0.6 is 11.3 Å². The fourth-order valence-electron chi connectivity index (χ4n) is 3.40. The number of benzene rings is 2. The minimum absolute atomic E-state index is 0.0528. The summed E-state index contributed by atoms with van der Waals surface area (Å²) < 4.78 is 19.2. The van der Waals surface area contributed by atoms with Gasteiger partial charge < -0.3 is 10.1 Å². The third kappa shape index (κ3) is 5.09. The second kappa shape index (κ2) is 8.86. The molecule has 6 nitrogen and oxygen atoms in total. The number of fused-ring (bicyclic) bond motifs is 1. The normalized spacial score (nSPS) is 15.5. The number of ether oxygens (including phenoxy) is 1. The van der Waals surface area contributed by atoms with Crippen molar-refractivity contribution in [3.05, 3.63) is 53.8 Å². The number of rotatable bonds is 6. The minimum Gasteiger partial charge on any atom is -0.497 e. The van der Waals surface area contributed by atoms with Crippen molar-refractivity contribution in [2.75, 3.05) is 45.2 Å². The molecular formula is C21H23FN4O2S. The van der Waals surface area contributed by atoms with Crippen molar-refractivity contribution in [2.45, 2.75) is 6.54 Å². The zero-order valence-electron chi connectivity index (χ0n) is 16.2. The van der Waals surface area contributed by atoms with E-state index in [2.05, 4.69) is 20.1 Å². The molecule has 1 amide bonds. The number of halogens is 1. The number of nitrogens with one attached hydrogen (secondary N) is 1. The van der Waals surface area contributed by atoms with Gasteiger partial charge in [0, 0.05) is 32.7 Å². The summed E-state index contributed by atoms with van der Waals surface area (Å²) in [5.41, 5.74) is 1.95. The van der Waals surface area contributed by atoms with E-state index < -0.39 is 0 Å². The average Bonchev–Trinajstić information content (AvgIpc) is 3.12.